The van der Waals surface area contributed by atoms with Gasteiger partial charge in [-0.05, 0) is 48.7 Å². The molecule has 104 valence electrons. The molecule has 0 heterocycles. The Hall–Kier alpha value is -2.36. The zero-order valence-electron chi connectivity index (χ0n) is 11.4. The highest BCUT2D eigenvalue weighted by Gasteiger charge is 2.08. The van der Waals surface area contributed by atoms with E-state index in [1.165, 1.54) is 0 Å². The maximum atomic E-state index is 13.8. The number of carbonyl (C=O) groups excluding carboxylic acids is 1. The van der Waals surface area contributed by atoms with Gasteiger partial charge in [0.05, 0.1) is 0 Å². The first-order valence-corrected chi connectivity index (χ1v) is 6.26. The van der Waals surface area contributed by atoms with Gasteiger partial charge >= 0.3 is 0 Å². The lowest BCUT2D eigenvalue weighted by Crippen LogP contribution is -2.11. The maximum Gasteiger partial charge on any atom is 0.248 e. The highest BCUT2D eigenvalue weighted by atomic mass is 19.1. The molecular weight excluding hydrogens is 257 g/mol. The molecule has 0 saturated heterocycles. The fraction of sp³-hybridized carbons (Fsp3) is 0.188. The van der Waals surface area contributed by atoms with Gasteiger partial charge < -0.3 is 10.5 Å². The molecule has 2 rings (SSSR count). The van der Waals surface area contributed by atoms with E-state index < -0.39 is 5.91 Å². The summed E-state index contributed by atoms with van der Waals surface area (Å²) in [5.74, 6) is -0.590. The van der Waals surface area contributed by atoms with Crippen molar-refractivity contribution < 1.29 is 13.9 Å². The summed E-state index contributed by atoms with van der Waals surface area (Å²) in [6.45, 7) is 3.79. The Morgan fingerprint density at radius 2 is 1.95 bits per heavy atom. The molecule has 2 N–H and O–H groups in total. The lowest BCUT2D eigenvalue weighted by Gasteiger charge is -2.11. The van der Waals surface area contributed by atoms with Crippen LogP contribution in [0.4, 0.5) is 4.39 Å². The Kier molecular flexibility index (Phi) is 4.03. The molecule has 0 aliphatic carbocycles. The molecule has 0 aliphatic heterocycles. The summed E-state index contributed by atoms with van der Waals surface area (Å²) < 4.78 is 19.3. The first-order valence-electron chi connectivity index (χ1n) is 6.26. The third kappa shape index (κ3) is 2.96. The predicted octanol–water partition coefficient (Wildman–Crippen LogP) is 3.12. The van der Waals surface area contributed by atoms with Crippen molar-refractivity contribution in [3.63, 3.8) is 0 Å². The first kappa shape index (κ1) is 14.1. The minimum absolute atomic E-state index is 0.225. The van der Waals surface area contributed by atoms with Crippen LogP contribution in [0.15, 0.2) is 36.4 Å². The molecule has 3 nitrogen and oxygen atoms in total. The van der Waals surface area contributed by atoms with Gasteiger partial charge in [0.1, 0.15) is 6.61 Å². The van der Waals surface area contributed by atoms with Gasteiger partial charge in [-0.25, -0.2) is 4.39 Å². The van der Waals surface area contributed by atoms with Crippen LogP contribution in [-0.4, -0.2) is 5.91 Å². The summed E-state index contributed by atoms with van der Waals surface area (Å²) in [7, 11) is 0. The SMILES string of the molecule is Cc1cc(C(N)=O)ccc1COc1cccc(C)c1F. The normalized spacial score (nSPS) is 10.3. The van der Waals surface area contributed by atoms with Crippen LogP contribution in [0.25, 0.3) is 0 Å². The van der Waals surface area contributed by atoms with Crippen LogP contribution in [0.5, 0.6) is 5.75 Å². The lowest BCUT2D eigenvalue weighted by atomic mass is 10.1. The van der Waals surface area contributed by atoms with E-state index in [4.69, 9.17) is 10.5 Å². The van der Waals surface area contributed by atoms with E-state index in [1.54, 1.807) is 43.3 Å². The van der Waals surface area contributed by atoms with Crippen LogP contribution in [0.1, 0.15) is 27.0 Å². The maximum absolute atomic E-state index is 13.8. The molecule has 0 fully saturated rings. The van der Waals surface area contributed by atoms with Crippen LogP contribution in [0.3, 0.4) is 0 Å². The van der Waals surface area contributed by atoms with Crippen molar-refractivity contribution in [1.82, 2.24) is 0 Å². The van der Waals surface area contributed by atoms with Gasteiger partial charge in [-0.2, -0.15) is 0 Å². The average Bonchev–Trinajstić information content (AvgIpc) is 2.41. The molecule has 1 amide bonds. The summed E-state index contributed by atoms with van der Waals surface area (Å²) in [4.78, 5) is 11.1. The molecule has 0 radical (unpaired) electrons. The number of aryl methyl sites for hydroxylation is 2. The summed E-state index contributed by atoms with van der Waals surface area (Å²) in [6, 6.07) is 10.1. The largest absolute Gasteiger partial charge is 0.486 e. The quantitative estimate of drug-likeness (QED) is 0.930. The number of amides is 1. The van der Waals surface area contributed by atoms with E-state index in [0.717, 1.165) is 11.1 Å². The molecular formula is C16H16FNO2. The van der Waals surface area contributed by atoms with E-state index in [9.17, 15) is 9.18 Å². The Bertz CT molecular complexity index is 653. The molecule has 2 aromatic rings. The van der Waals surface area contributed by atoms with Crippen molar-refractivity contribution in [2.75, 3.05) is 0 Å². The van der Waals surface area contributed by atoms with Gasteiger partial charge in [-0.1, -0.05) is 18.2 Å². The van der Waals surface area contributed by atoms with Crippen molar-refractivity contribution in [2.45, 2.75) is 20.5 Å². The van der Waals surface area contributed by atoms with Gasteiger partial charge in [0.2, 0.25) is 5.91 Å². The number of carbonyl (C=O) groups is 1. The molecule has 0 aliphatic rings. The summed E-state index contributed by atoms with van der Waals surface area (Å²) in [6.07, 6.45) is 0. The summed E-state index contributed by atoms with van der Waals surface area (Å²) >= 11 is 0. The van der Waals surface area contributed by atoms with Gasteiger partial charge in [-0.3, -0.25) is 4.79 Å². The highest BCUT2D eigenvalue weighted by Crippen LogP contribution is 2.21. The Morgan fingerprint density at radius 1 is 1.20 bits per heavy atom. The molecule has 2 aromatic carbocycles. The van der Waals surface area contributed by atoms with Crippen molar-refractivity contribution in [3.8, 4) is 5.75 Å². The molecule has 0 unspecified atom stereocenters. The summed E-state index contributed by atoms with van der Waals surface area (Å²) in [5, 5.41) is 0. The zero-order chi connectivity index (χ0) is 14.7. The predicted molar refractivity (Wildman–Crippen MR) is 75.2 cm³/mol. The monoisotopic (exact) mass is 273 g/mol. The number of hydrogen-bond donors (Lipinski definition) is 1. The number of nitrogens with two attached hydrogens (primary N) is 1. The van der Waals surface area contributed by atoms with Crippen LogP contribution in [0.2, 0.25) is 0 Å². The fourth-order valence-corrected chi connectivity index (χ4v) is 1.90. The fourth-order valence-electron chi connectivity index (χ4n) is 1.90. The zero-order valence-corrected chi connectivity index (χ0v) is 11.4. The second-order valence-electron chi connectivity index (χ2n) is 4.68. The van der Waals surface area contributed by atoms with E-state index >= 15 is 0 Å². The van der Waals surface area contributed by atoms with Gasteiger partial charge in [0.15, 0.2) is 11.6 Å². The molecule has 0 atom stereocenters. The van der Waals surface area contributed by atoms with Gasteiger partial charge in [-0.15, -0.1) is 0 Å². The van der Waals surface area contributed by atoms with Crippen LogP contribution < -0.4 is 10.5 Å². The Balaban J connectivity index is 2.15. The number of ether oxygens (including phenoxy) is 1. The Morgan fingerprint density at radius 3 is 2.60 bits per heavy atom. The molecule has 4 heteroatoms. The number of halogens is 1. The van der Waals surface area contributed by atoms with E-state index in [-0.39, 0.29) is 18.2 Å². The first-order chi connectivity index (χ1) is 9.49. The second kappa shape index (κ2) is 5.74. The van der Waals surface area contributed by atoms with Crippen molar-refractivity contribution in [1.29, 1.82) is 0 Å². The molecule has 0 spiro atoms. The summed E-state index contributed by atoms with van der Waals surface area (Å²) in [5.41, 5.74) is 7.98. The average molecular weight is 273 g/mol. The minimum atomic E-state index is -0.467. The third-order valence-corrected chi connectivity index (χ3v) is 3.17. The van der Waals surface area contributed by atoms with E-state index in [2.05, 4.69) is 0 Å². The van der Waals surface area contributed by atoms with Crippen LogP contribution in [0, 0.1) is 19.7 Å². The van der Waals surface area contributed by atoms with Crippen molar-refractivity contribution >= 4 is 5.91 Å². The number of benzene rings is 2. The lowest BCUT2D eigenvalue weighted by molar-refractivity contribution is 0.1000. The van der Waals surface area contributed by atoms with Gasteiger partial charge in [0, 0.05) is 5.56 Å². The molecule has 0 bridgehead atoms. The Labute approximate surface area is 117 Å². The second-order valence-corrected chi connectivity index (χ2v) is 4.68. The third-order valence-electron chi connectivity index (χ3n) is 3.17. The highest BCUT2D eigenvalue weighted by molar-refractivity contribution is 5.93. The van der Waals surface area contributed by atoms with Crippen molar-refractivity contribution in [2.24, 2.45) is 5.73 Å². The van der Waals surface area contributed by atoms with Crippen LogP contribution in [-0.2, 0) is 6.61 Å². The van der Waals surface area contributed by atoms with Crippen molar-refractivity contribution in [3.05, 3.63) is 64.5 Å². The van der Waals surface area contributed by atoms with E-state index in [0.29, 0.717) is 11.1 Å². The topological polar surface area (TPSA) is 52.3 Å². The molecule has 0 aromatic heterocycles. The molecule has 0 saturated carbocycles. The number of primary amides is 1. The number of rotatable bonds is 4. The smallest absolute Gasteiger partial charge is 0.248 e. The van der Waals surface area contributed by atoms with Crippen LogP contribution >= 0.6 is 0 Å². The standard InChI is InChI=1S/C16H16FNO2/c1-10-4-3-5-14(15(10)17)20-9-13-7-6-12(16(18)19)8-11(13)2/h3-8H,9H2,1-2H3,(H2,18,19). The number of hydrogen-bond acceptors (Lipinski definition) is 2. The molecule has 20 heavy (non-hydrogen) atoms. The van der Waals surface area contributed by atoms with E-state index in [1.807, 2.05) is 6.92 Å². The minimum Gasteiger partial charge on any atom is -0.486 e. The van der Waals surface area contributed by atoms with Gasteiger partial charge in [0.25, 0.3) is 0 Å².